The molecule has 0 aromatic heterocycles. The lowest BCUT2D eigenvalue weighted by Gasteiger charge is -2.50. The minimum Gasteiger partial charge on any atom is -0.457 e. The van der Waals surface area contributed by atoms with Crippen LogP contribution in [0.15, 0.2) is 128 Å². The highest BCUT2D eigenvalue weighted by atomic mass is 31.2. The minimum absolute atomic E-state index is 0.0989. The van der Waals surface area contributed by atoms with Gasteiger partial charge in [0.1, 0.15) is 12.0 Å². The van der Waals surface area contributed by atoms with Crippen molar-refractivity contribution < 1.29 is 29.0 Å². The molecule has 9 nitrogen and oxygen atoms in total. The second-order valence-corrected chi connectivity index (χ2v) is 14.8. The summed E-state index contributed by atoms with van der Waals surface area (Å²) in [4.78, 5) is 55.4. The lowest BCUT2D eigenvalue weighted by molar-refractivity contribution is -0.157. The lowest BCUT2D eigenvalue weighted by Crippen LogP contribution is -2.68. The number of rotatable bonds is 13. The van der Waals surface area contributed by atoms with Gasteiger partial charge in [0.25, 0.3) is 0 Å². The molecule has 1 aliphatic heterocycles. The number of aliphatic hydroxyl groups excluding tert-OH is 1. The molecule has 48 heavy (non-hydrogen) atoms. The number of amides is 3. The van der Waals surface area contributed by atoms with Crippen molar-refractivity contribution in [1.82, 2.24) is 10.2 Å². The number of carbonyl (C=O) groups is 4. The van der Waals surface area contributed by atoms with Gasteiger partial charge in [-0.2, -0.15) is 0 Å². The number of nitrogens with zero attached hydrogens (tertiary/aromatic N) is 1. The summed E-state index contributed by atoms with van der Waals surface area (Å²) in [5, 5.41) is 15.8. The van der Waals surface area contributed by atoms with Crippen LogP contribution in [0.2, 0.25) is 0 Å². The van der Waals surface area contributed by atoms with Crippen LogP contribution in [0.3, 0.4) is 0 Å². The molecule has 1 fully saturated rings. The molecule has 246 valence electrons. The average Bonchev–Trinajstić information content (AvgIpc) is 3.10. The predicted molar refractivity (Wildman–Crippen MR) is 189 cm³/mol. The molecule has 1 saturated heterocycles. The van der Waals surface area contributed by atoms with Gasteiger partial charge in [-0.05, 0) is 34.5 Å². The maximum atomic E-state index is 14.5. The first-order valence-corrected chi connectivity index (χ1v) is 17.4. The quantitative estimate of drug-likeness (QED) is 0.0659. The normalized spacial score (nSPS) is 16.3. The van der Waals surface area contributed by atoms with E-state index in [2.05, 4.69) is 11.9 Å². The molecule has 0 bridgehead atoms. The highest BCUT2D eigenvalue weighted by Crippen LogP contribution is 2.50. The molecule has 0 saturated carbocycles. The van der Waals surface area contributed by atoms with Gasteiger partial charge < -0.3 is 25.8 Å². The molecule has 1 heterocycles. The summed E-state index contributed by atoms with van der Waals surface area (Å²) >= 11 is 0. The van der Waals surface area contributed by atoms with Gasteiger partial charge in [-0.3, -0.25) is 9.59 Å². The Morgan fingerprint density at radius 3 is 1.94 bits per heavy atom. The van der Waals surface area contributed by atoms with Gasteiger partial charge in [0.2, 0.25) is 5.91 Å². The molecule has 3 amide bonds. The summed E-state index contributed by atoms with van der Waals surface area (Å²) in [6.45, 7) is 2.07. The number of ether oxygens (including phenoxy) is 1. The Hall–Kier alpha value is -5.24. The van der Waals surface area contributed by atoms with Crippen molar-refractivity contribution in [2.24, 2.45) is 11.7 Å². The van der Waals surface area contributed by atoms with Crippen LogP contribution >= 0.6 is 6.89 Å². The van der Waals surface area contributed by atoms with E-state index in [0.717, 1.165) is 15.9 Å². The number of Topliss-reactive ketones (excluding diaryl/α,β-unsaturated/α-hetero) is 1. The maximum absolute atomic E-state index is 14.5. The number of likely N-dealkylation sites (tertiary alicyclic amines) is 1. The van der Waals surface area contributed by atoms with E-state index in [-0.39, 0.29) is 30.8 Å². The first kappa shape index (κ1) is 34.1. The van der Waals surface area contributed by atoms with Crippen LogP contribution in [0.1, 0.15) is 29.3 Å². The summed E-state index contributed by atoms with van der Waals surface area (Å²) in [5.74, 6) is -2.43. The van der Waals surface area contributed by atoms with Crippen molar-refractivity contribution in [3.05, 3.63) is 139 Å². The molecule has 4 aromatic rings. The second kappa shape index (κ2) is 15.1. The summed E-state index contributed by atoms with van der Waals surface area (Å²) in [5.41, 5.74) is 6.36. The summed E-state index contributed by atoms with van der Waals surface area (Å²) in [6, 6.07) is 33.8. The standard InChI is InChI=1S/C38H38N3O6P/c1-3-22-47-37(45)36(48(29-16-7-4-8-17-29,30-18-9-5-10-19-30)31-20-11-6-12-21-31)41-32(34(26(2)42)35(41)44)24-33(43)28-15-13-14-27(23-28)25-40-38(39)46/h3-21,23,26,32,34,42H,1,22,24-25H2,2H3,(H3,39,40,46)/t26-,32-,34-/m1/s1. The average molecular weight is 664 g/mol. The molecular weight excluding hydrogens is 625 g/mol. The van der Waals surface area contributed by atoms with Crippen LogP contribution in [0.5, 0.6) is 0 Å². The van der Waals surface area contributed by atoms with Crippen molar-refractivity contribution in [3.63, 3.8) is 0 Å². The van der Waals surface area contributed by atoms with Crippen LogP contribution < -0.4 is 27.0 Å². The number of carbonyl (C=O) groups excluding carboxylic acids is 4. The van der Waals surface area contributed by atoms with E-state index in [1.807, 2.05) is 91.0 Å². The predicted octanol–water partition coefficient (Wildman–Crippen LogP) is 3.49. The number of nitrogens with two attached hydrogens (primary N) is 1. The van der Waals surface area contributed by atoms with Crippen molar-refractivity contribution in [1.29, 1.82) is 0 Å². The number of benzene rings is 4. The monoisotopic (exact) mass is 663 g/mol. The van der Waals surface area contributed by atoms with E-state index < -0.39 is 42.9 Å². The Labute approximate surface area is 280 Å². The van der Waals surface area contributed by atoms with E-state index in [0.29, 0.717) is 11.1 Å². The molecule has 3 atom stereocenters. The number of nitrogens with one attached hydrogen (secondary N) is 1. The highest BCUT2D eigenvalue weighted by molar-refractivity contribution is 7.96. The molecule has 0 aliphatic carbocycles. The van der Waals surface area contributed by atoms with Gasteiger partial charge >= 0.3 is 12.0 Å². The minimum atomic E-state index is -3.19. The fraction of sp³-hybridized carbons (Fsp3) is 0.184. The molecule has 5 rings (SSSR count). The highest BCUT2D eigenvalue weighted by Gasteiger charge is 2.55. The number of hydrogen-bond acceptors (Lipinski definition) is 6. The number of aliphatic hydroxyl groups is 1. The smallest absolute Gasteiger partial charge is 0.356 e. The van der Waals surface area contributed by atoms with E-state index in [1.165, 1.54) is 17.9 Å². The van der Waals surface area contributed by atoms with Crippen LogP contribution in [0.4, 0.5) is 4.79 Å². The SMILES string of the molecule is C=CCOC(=O)C(N1C(=O)[C@H]([C@@H](C)O)[C@H]1CC(=O)c1cccc(CNC(N)=O)c1)=P(c1ccccc1)(c1ccccc1)c1ccccc1. The van der Waals surface area contributed by atoms with Gasteiger partial charge in [-0.25, -0.2) is 9.59 Å². The van der Waals surface area contributed by atoms with E-state index in [1.54, 1.807) is 24.3 Å². The molecule has 1 aliphatic rings. The zero-order valence-corrected chi connectivity index (χ0v) is 27.5. The number of ketones is 1. The third kappa shape index (κ3) is 6.74. The van der Waals surface area contributed by atoms with Crippen LogP contribution in [-0.2, 0) is 20.9 Å². The van der Waals surface area contributed by atoms with Crippen molar-refractivity contribution in [2.75, 3.05) is 6.61 Å². The number of primary amides is 1. The Bertz CT molecular complexity index is 1760. The van der Waals surface area contributed by atoms with E-state index in [9.17, 15) is 24.3 Å². The van der Waals surface area contributed by atoms with Gasteiger partial charge in [0, 0.05) is 25.4 Å². The molecule has 0 radical (unpaired) electrons. The Morgan fingerprint density at radius 2 is 1.46 bits per heavy atom. The van der Waals surface area contributed by atoms with Crippen LogP contribution in [0.25, 0.3) is 0 Å². The fourth-order valence-corrected chi connectivity index (χ4v) is 10.7. The number of β-lactam (4-membered cyclic amide) rings is 1. The molecule has 4 aromatic carbocycles. The van der Waals surface area contributed by atoms with Crippen LogP contribution in [0, 0.1) is 5.92 Å². The Kier molecular flexibility index (Phi) is 10.7. The zero-order valence-electron chi connectivity index (χ0n) is 26.6. The van der Waals surface area contributed by atoms with Gasteiger partial charge in [-0.1, -0.05) is 122 Å². The third-order valence-electron chi connectivity index (χ3n) is 8.39. The molecule has 0 unspecified atom stereocenters. The summed E-state index contributed by atoms with van der Waals surface area (Å²) < 4.78 is 5.77. The topological polar surface area (TPSA) is 139 Å². The number of urea groups is 1. The summed E-state index contributed by atoms with van der Waals surface area (Å²) in [6.07, 6.45) is 0.187. The first-order valence-electron chi connectivity index (χ1n) is 15.6. The third-order valence-corrected chi connectivity index (χ3v) is 12.6. The molecular formula is C38H38N3O6P. The second-order valence-electron chi connectivity index (χ2n) is 11.5. The largest absolute Gasteiger partial charge is 0.457 e. The molecule has 4 N–H and O–H groups in total. The van der Waals surface area contributed by atoms with Crippen LogP contribution in [-0.4, -0.2) is 57.9 Å². The van der Waals surface area contributed by atoms with E-state index >= 15 is 0 Å². The maximum Gasteiger partial charge on any atom is 0.356 e. The first-order chi connectivity index (χ1) is 23.2. The Balaban J connectivity index is 1.77. The number of hydrogen-bond donors (Lipinski definition) is 3. The molecule has 0 spiro atoms. The fourth-order valence-electron chi connectivity index (χ4n) is 6.29. The van der Waals surface area contributed by atoms with Gasteiger partial charge in [-0.15, -0.1) is 0 Å². The van der Waals surface area contributed by atoms with Crippen molar-refractivity contribution in [3.8, 4) is 0 Å². The van der Waals surface area contributed by atoms with Gasteiger partial charge in [0.15, 0.2) is 5.78 Å². The molecule has 10 heteroatoms. The Morgan fingerprint density at radius 1 is 0.917 bits per heavy atom. The van der Waals surface area contributed by atoms with Crippen molar-refractivity contribution in [2.45, 2.75) is 32.0 Å². The van der Waals surface area contributed by atoms with Crippen molar-refractivity contribution >= 4 is 51.9 Å². The van der Waals surface area contributed by atoms with Gasteiger partial charge in [0.05, 0.1) is 18.1 Å². The lowest BCUT2D eigenvalue weighted by atomic mass is 9.79. The summed E-state index contributed by atoms with van der Waals surface area (Å²) in [7, 11) is 0. The zero-order chi connectivity index (χ0) is 34.3. The number of esters is 1. The van der Waals surface area contributed by atoms with E-state index in [4.69, 9.17) is 10.5 Å².